The molecular formula is C21H27N3O2. The predicted molar refractivity (Wildman–Crippen MR) is 105 cm³/mol. The van der Waals surface area contributed by atoms with Crippen molar-refractivity contribution in [2.75, 3.05) is 25.0 Å². The average Bonchev–Trinajstić information content (AvgIpc) is 2.66. The van der Waals surface area contributed by atoms with Crippen LogP contribution in [0, 0.1) is 5.92 Å². The van der Waals surface area contributed by atoms with E-state index in [2.05, 4.69) is 17.4 Å². The van der Waals surface area contributed by atoms with Crippen LogP contribution in [-0.2, 0) is 11.2 Å². The molecule has 5 nitrogen and oxygen atoms in total. The Balaban J connectivity index is 2.02. The van der Waals surface area contributed by atoms with Crippen molar-refractivity contribution in [1.82, 2.24) is 4.90 Å². The number of amides is 2. The van der Waals surface area contributed by atoms with Gasteiger partial charge in [0.25, 0.3) is 5.91 Å². The molecule has 0 bridgehead atoms. The molecule has 0 atom stereocenters. The van der Waals surface area contributed by atoms with E-state index in [1.165, 1.54) is 5.56 Å². The summed E-state index contributed by atoms with van der Waals surface area (Å²) in [6, 6.07) is 17.1. The second-order valence-electron chi connectivity index (χ2n) is 6.54. The van der Waals surface area contributed by atoms with E-state index in [9.17, 15) is 9.59 Å². The van der Waals surface area contributed by atoms with Gasteiger partial charge in [-0.3, -0.25) is 9.59 Å². The van der Waals surface area contributed by atoms with E-state index in [0.29, 0.717) is 30.9 Å². The third kappa shape index (κ3) is 5.70. The molecule has 2 rings (SSSR count). The second-order valence-corrected chi connectivity index (χ2v) is 6.54. The Morgan fingerprint density at radius 2 is 1.65 bits per heavy atom. The van der Waals surface area contributed by atoms with Gasteiger partial charge in [0.2, 0.25) is 5.91 Å². The highest BCUT2D eigenvalue weighted by molar-refractivity contribution is 5.96. The Morgan fingerprint density at radius 3 is 2.23 bits per heavy atom. The van der Waals surface area contributed by atoms with Crippen LogP contribution in [0.3, 0.4) is 0 Å². The molecule has 2 aromatic carbocycles. The zero-order valence-corrected chi connectivity index (χ0v) is 15.4. The Hall–Kier alpha value is -2.66. The summed E-state index contributed by atoms with van der Waals surface area (Å²) in [4.78, 5) is 26.3. The molecule has 0 fully saturated rings. The molecule has 2 amide bonds. The highest BCUT2D eigenvalue weighted by Crippen LogP contribution is 2.13. The Morgan fingerprint density at radius 1 is 1.00 bits per heavy atom. The Bertz CT molecular complexity index is 712. The highest BCUT2D eigenvalue weighted by Gasteiger charge is 2.15. The molecule has 0 aliphatic heterocycles. The van der Waals surface area contributed by atoms with Gasteiger partial charge in [0.1, 0.15) is 0 Å². The third-order valence-electron chi connectivity index (χ3n) is 4.12. The molecule has 0 saturated heterocycles. The lowest BCUT2D eigenvalue weighted by Gasteiger charge is -2.22. The van der Waals surface area contributed by atoms with Gasteiger partial charge >= 0.3 is 0 Å². The Kier molecular flexibility index (Phi) is 7.36. The summed E-state index contributed by atoms with van der Waals surface area (Å²) < 4.78 is 0. The number of benzene rings is 2. The zero-order chi connectivity index (χ0) is 18.9. The van der Waals surface area contributed by atoms with Gasteiger partial charge in [0.15, 0.2) is 0 Å². The minimum atomic E-state index is -0.0886. The number of carbonyl (C=O) groups is 2. The molecule has 138 valence electrons. The quantitative estimate of drug-likeness (QED) is 0.766. The minimum Gasteiger partial charge on any atom is -0.337 e. The van der Waals surface area contributed by atoms with Crippen LogP contribution >= 0.6 is 0 Å². The first-order valence-electron chi connectivity index (χ1n) is 8.95. The van der Waals surface area contributed by atoms with Crippen molar-refractivity contribution in [3.05, 3.63) is 65.7 Å². The molecule has 5 heteroatoms. The molecule has 0 unspecified atom stereocenters. The first-order valence-corrected chi connectivity index (χ1v) is 8.95. The summed E-state index contributed by atoms with van der Waals surface area (Å²) in [5.74, 6) is -0.181. The smallest absolute Gasteiger partial charge is 0.253 e. The van der Waals surface area contributed by atoms with Crippen molar-refractivity contribution in [2.45, 2.75) is 20.3 Å². The van der Waals surface area contributed by atoms with E-state index in [0.717, 1.165) is 6.42 Å². The fourth-order valence-corrected chi connectivity index (χ4v) is 2.54. The van der Waals surface area contributed by atoms with E-state index in [-0.39, 0.29) is 17.7 Å². The van der Waals surface area contributed by atoms with Gasteiger partial charge < -0.3 is 16.0 Å². The standard InChI is InChI=1S/C21H27N3O2/c1-16(2)20(25)23-19-10-8-18(9-11-19)21(26)24(15-13-22)14-12-17-6-4-3-5-7-17/h3-11,16H,12-15,22H2,1-2H3,(H,23,25). The summed E-state index contributed by atoms with van der Waals surface area (Å²) in [5, 5.41) is 2.82. The lowest BCUT2D eigenvalue weighted by Crippen LogP contribution is -2.36. The SMILES string of the molecule is CC(C)C(=O)Nc1ccc(C(=O)N(CCN)CCc2ccccc2)cc1. The third-order valence-corrected chi connectivity index (χ3v) is 4.12. The van der Waals surface area contributed by atoms with E-state index in [1.807, 2.05) is 32.0 Å². The lowest BCUT2D eigenvalue weighted by molar-refractivity contribution is -0.118. The van der Waals surface area contributed by atoms with Gasteiger partial charge in [-0.2, -0.15) is 0 Å². The summed E-state index contributed by atoms with van der Waals surface area (Å²) in [6.45, 7) is 5.22. The van der Waals surface area contributed by atoms with E-state index < -0.39 is 0 Å². The van der Waals surface area contributed by atoms with E-state index in [1.54, 1.807) is 29.2 Å². The summed E-state index contributed by atoms with van der Waals surface area (Å²) >= 11 is 0. The maximum absolute atomic E-state index is 12.8. The number of rotatable bonds is 8. The van der Waals surface area contributed by atoms with Crippen molar-refractivity contribution in [2.24, 2.45) is 11.7 Å². The second kappa shape index (κ2) is 9.73. The summed E-state index contributed by atoms with van der Waals surface area (Å²) in [5.41, 5.74) is 8.15. The molecule has 0 aliphatic rings. The van der Waals surface area contributed by atoms with Crippen molar-refractivity contribution in [3.8, 4) is 0 Å². The first kappa shape index (κ1) is 19.7. The summed E-state index contributed by atoms with van der Waals surface area (Å²) in [6.07, 6.45) is 0.787. The van der Waals surface area contributed by atoms with E-state index in [4.69, 9.17) is 5.73 Å². The Labute approximate surface area is 155 Å². The van der Waals surface area contributed by atoms with Crippen LogP contribution in [-0.4, -0.2) is 36.3 Å². The maximum atomic E-state index is 12.8. The first-order chi connectivity index (χ1) is 12.5. The number of hydrogen-bond donors (Lipinski definition) is 2. The number of anilines is 1. The molecule has 2 aromatic rings. The molecule has 0 radical (unpaired) electrons. The van der Waals surface area contributed by atoms with Crippen LogP contribution < -0.4 is 11.1 Å². The van der Waals surface area contributed by atoms with Gasteiger partial charge in [-0.15, -0.1) is 0 Å². The number of nitrogens with one attached hydrogen (secondary N) is 1. The molecule has 0 spiro atoms. The minimum absolute atomic E-state index is 0.0447. The maximum Gasteiger partial charge on any atom is 0.253 e. The average molecular weight is 353 g/mol. The predicted octanol–water partition coefficient (Wildman–Crippen LogP) is 2.92. The fraction of sp³-hybridized carbons (Fsp3) is 0.333. The molecule has 26 heavy (non-hydrogen) atoms. The topological polar surface area (TPSA) is 75.4 Å². The van der Waals surface area contributed by atoms with Crippen molar-refractivity contribution < 1.29 is 9.59 Å². The van der Waals surface area contributed by atoms with Crippen molar-refractivity contribution in [3.63, 3.8) is 0 Å². The number of hydrogen-bond acceptors (Lipinski definition) is 3. The molecule has 0 saturated carbocycles. The molecular weight excluding hydrogens is 326 g/mol. The van der Waals surface area contributed by atoms with Gasteiger partial charge in [-0.05, 0) is 36.2 Å². The number of carbonyl (C=O) groups excluding carboxylic acids is 2. The van der Waals surface area contributed by atoms with Gasteiger partial charge in [-0.25, -0.2) is 0 Å². The van der Waals surface area contributed by atoms with Crippen molar-refractivity contribution in [1.29, 1.82) is 0 Å². The van der Waals surface area contributed by atoms with Crippen LogP contribution in [0.4, 0.5) is 5.69 Å². The monoisotopic (exact) mass is 353 g/mol. The van der Waals surface area contributed by atoms with Crippen LogP contribution in [0.15, 0.2) is 54.6 Å². The molecule has 0 aliphatic carbocycles. The number of nitrogens with zero attached hydrogens (tertiary/aromatic N) is 1. The van der Waals surface area contributed by atoms with Crippen LogP contribution in [0.1, 0.15) is 29.8 Å². The van der Waals surface area contributed by atoms with Gasteiger partial charge in [-0.1, -0.05) is 44.2 Å². The van der Waals surface area contributed by atoms with Crippen LogP contribution in [0.25, 0.3) is 0 Å². The highest BCUT2D eigenvalue weighted by atomic mass is 16.2. The molecule has 3 N–H and O–H groups in total. The fourth-order valence-electron chi connectivity index (χ4n) is 2.54. The van der Waals surface area contributed by atoms with E-state index >= 15 is 0 Å². The van der Waals surface area contributed by atoms with Crippen LogP contribution in [0.5, 0.6) is 0 Å². The normalized spacial score (nSPS) is 10.6. The molecule has 0 heterocycles. The van der Waals surface area contributed by atoms with Gasteiger partial charge in [0.05, 0.1) is 0 Å². The van der Waals surface area contributed by atoms with Crippen LogP contribution in [0.2, 0.25) is 0 Å². The summed E-state index contributed by atoms with van der Waals surface area (Å²) in [7, 11) is 0. The van der Waals surface area contributed by atoms with Crippen molar-refractivity contribution >= 4 is 17.5 Å². The lowest BCUT2D eigenvalue weighted by atomic mass is 10.1. The largest absolute Gasteiger partial charge is 0.337 e. The number of nitrogens with two attached hydrogens (primary N) is 1. The zero-order valence-electron chi connectivity index (χ0n) is 15.4. The molecule has 0 aromatic heterocycles. The van der Waals surface area contributed by atoms with Gasteiger partial charge in [0, 0.05) is 36.8 Å².